The predicted octanol–water partition coefficient (Wildman–Crippen LogP) is 2.54. The standard InChI is InChI=1S/C10H11ClO/c11-5-8-2-1-3-9(4-8)10-6-12-7-10/h1-4,10H,5-7H2. The van der Waals surface area contributed by atoms with Gasteiger partial charge in [0.05, 0.1) is 13.2 Å². The van der Waals surface area contributed by atoms with Gasteiger partial charge in [0.2, 0.25) is 0 Å². The van der Waals surface area contributed by atoms with Gasteiger partial charge in [-0.15, -0.1) is 11.6 Å². The van der Waals surface area contributed by atoms with E-state index >= 15 is 0 Å². The molecule has 0 spiro atoms. The van der Waals surface area contributed by atoms with Crippen molar-refractivity contribution in [2.24, 2.45) is 0 Å². The van der Waals surface area contributed by atoms with E-state index in [1.807, 2.05) is 0 Å². The largest absolute Gasteiger partial charge is 0.380 e. The molecule has 0 amide bonds. The van der Waals surface area contributed by atoms with Gasteiger partial charge >= 0.3 is 0 Å². The van der Waals surface area contributed by atoms with Gasteiger partial charge in [-0.3, -0.25) is 0 Å². The third-order valence-electron chi connectivity index (χ3n) is 2.21. The van der Waals surface area contributed by atoms with Crippen LogP contribution in [0.15, 0.2) is 24.3 Å². The Morgan fingerprint density at radius 2 is 2.25 bits per heavy atom. The second kappa shape index (κ2) is 3.46. The summed E-state index contributed by atoms with van der Waals surface area (Å²) >= 11 is 5.73. The van der Waals surface area contributed by atoms with Gasteiger partial charge < -0.3 is 4.74 Å². The molecule has 0 bridgehead atoms. The number of ether oxygens (including phenoxy) is 1. The maximum atomic E-state index is 5.73. The molecule has 1 nitrogen and oxygen atoms in total. The number of hydrogen-bond donors (Lipinski definition) is 0. The highest BCUT2D eigenvalue weighted by molar-refractivity contribution is 6.17. The Morgan fingerprint density at radius 1 is 1.42 bits per heavy atom. The maximum absolute atomic E-state index is 5.73. The predicted molar refractivity (Wildman–Crippen MR) is 49.6 cm³/mol. The number of hydrogen-bond acceptors (Lipinski definition) is 1. The summed E-state index contributed by atoms with van der Waals surface area (Å²) in [4.78, 5) is 0. The Labute approximate surface area is 77.3 Å². The third kappa shape index (κ3) is 1.47. The first-order valence-corrected chi connectivity index (χ1v) is 4.66. The molecular formula is C10H11ClO. The lowest BCUT2D eigenvalue weighted by atomic mass is 9.96. The monoisotopic (exact) mass is 182 g/mol. The molecule has 64 valence electrons. The van der Waals surface area contributed by atoms with E-state index in [9.17, 15) is 0 Å². The number of alkyl halides is 1. The Morgan fingerprint density at radius 3 is 2.83 bits per heavy atom. The summed E-state index contributed by atoms with van der Waals surface area (Å²) in [6.45, 7) is 1.73. The van der Waals surface area contributed by atoms with Crippen molar-refractivity contribution in [1.82, 2.24) is 0 Å². The van der Waals surface area contributed by atoms with E-state index in [-0.39, 0.29) is 0 Å². The van der Waals surface area contributed by atoms with Gasteiger partial charge in [-0.1, -0.05) is 24.3 Å². The van der Waals surface area contributed by atoms with Crippen LogP contribution in [0.4, 0.5) is 0 Å². The summed E-state index contributed by atoms with van der Waals surface area (Å²) in [6.07, 6.45) is 0. The van der Waals surface area contributed by atoms with Crippen LogP contribution in [-0.2, 0) is 10.6 Å². The van der Waals surface area contributed by atoms with Crippen LogP contribution < -0.4 is 0 Å². The van der Waals surface area contributed by atoms with Crippen LogP contribution in [0, 0.1) is 0 Å². The van der Waals surface area contributed by atoms with Gasteiger partial charge in [-0.05, 0) is 11.1 Å². The highest BCUT2D eigenvalue weighted by Crippen LogP contribution is 2.24. The molecule has 1 aromatic carbocycles. The van der Waals surface area contributed by atoms with Crippen molar-refractivity contribution in [2.75, 3.05) is 13.2 Å². The van der Waals surface area contributed by atoms with Crippen molar-refractivity contribution in [1.29, 1.82) is 0 Å². The second-order valence-corrected chi connectivity index (χ2v) is 3.38. The van der Waals surface area contributed by atoms with Crippen molar-refractivity contribution < 1.29 is 4.74 Å². The van der Waals surface area contributed by atoms with Crippen LogP contribution in [0.3, 0.4) is 0 Å². The molecular weight excluding hydrogens is 172 g/mol. The van der Waals surface area contributed by atoms with Crippen LogP contribution >= 0.6 is 11.6 Å². The van der Waals surface area contributed by atoms with E-state index in [4.69, 9.17) is 16.3 Å². The fourth-order valence-electron chi connectivity index (χ4n) is 1.36. The summed E-state index contributed by atoms with van der Waals surface area (Å²) in [5.74, 6) is 1.20. The molecule has 0 unspecified atom stereocenters. The van der Waals surface area contributed by atoms with Gasteiger partial charge in [0, 0.05) is 11.8 Å². The third-order valence-corrected chi connectivity index (χ3v) is 2.52. The first-order chi connectivity index (χ1) is 5.90. The number of rotatable bonds is 2. The first kappa shape index (κ1) is 8.09. The van der Waals surface area contributed by atoms with Crippen LogP contribution in [0.1, 0.15) is 17.0 Å². The second-order valence-electron chi connectivity index (χ2n) is 3.11. The van der Waals surface area contributed by atoms with Crippen LogP contribution in [0.25, 0.3) is 0 Å². The van der Waals surface area contributed by atoms with Gasteiger partial charge in [0.1, 0.15) is 0 Å². The summed E-state index contributed by atoms with van der Waals surface area (Å²) < 4.78 is 5.13. The van der Waals surface area contributed by atoms with E-state index in [0.717, 1.165) is 13.2 Å². The van der Waals surface area contributed by atoms with Gasteiger partial charge in [0.25, 0.3) is 0 Å². The van der Waals surface area contributed by atoms with Crippen LogP contribution in [0.5, 0.6) is 0 Å². The summed E-state index contributed by atoms with van der Waals surface area (Å²) in [7, 11) is 0. The van der Waals surface area contributed by atoms with E-state index in [1.54, 1.807) is 0 Å². The minimum Gasteiger partial charge on any atom is -0.380 e. The van der Waals surface area contributed by atoms with Crippen molar-refractivity contribution in [3.63, 3.8) is 0 Å². The Balaban J connectivity index is 2.19. The lowest BCUT2D eigenvalue weighted by molar-refractivity contribution is 0.00840. The molecule has 1 saturated heterocycles. The lowest BCUT2D eigenvalue weighted by Crippen LogP contribution is -2.24. The van der Waals surface area contributed by atoms with Gasteiger partial charge in [-0.25, -0.2) is 0 Å². The number of benzene rings is 1. The Hall–Kier alpha value is -0.530. The molecule has 1 aliphatic rings. The smallest absolute Gasteiger partial charge is 0.0557 e. The average molecular weight is 183 g/mol. The minimum absolute atomic E-state index is 0.599. The van der Waals surface area contributed by atoms with E-state index in [2.05, 4.69) is 24.3 Å². The maximum Gasteiger partial charge on any atom is 0.0557 e. The average Bonchev–Trinajstić information content (AvgIpc) is 2.02. The van der Waals surface area contributed by atoms with E-state index in [1.165, 1.54) is 11.1 Å². The quantitative estimate of drug-likeness (QED) is 0.639. The first-order valence-electron chi connectivity index (χ1n) is 4.12. The highest BCUT2D eigenvalue weighted by Gasteiger charge is 2.20. The van der Waals surface area contributed by atoms with Gasteiger partial charge in [-0.2, -0.15) is 0 Å². The van der Waals surface area contributed by atoms with Crippen molar-refractivity contribution in [2.45, 2.75) is 11.8 Å². The highest BCUT2D eigenvalue weighted by atomic mass is 35.5. The Kier molecular flexibility index (Phi) is 2.33. The SMILES string of the molecule is ClCc1cccc(C2COC2)c1. The summed E-state index contributed by atoms with van der Waals surface area (Å²) in [6, 6.07) is 8.42. The normalized spacial score (nSPS) is 17.4. The zero-order valence-electron chi connectivity index (χ0n) is 6.79. The molecule has 1 fully saturated rings. The molecule has 0 N–H and O–H groups in total. The molecule has 2 heteroatoms. The summed E-state index contributed by atoms with van der Waals surface area (Å²) in [5.41, 5.74) is 2.56. The molecule has 0 saturated carbocycles. The molecule has 0 atom stereocenters. The molecule has 0 aromatic heterocycles. The fraction of sp³-hybridized carbons (Fsp3) is 0.400. The molecule has 2 rings (SSSR count). The molecule has 1 aliphatic heterocycles. The van der Waals surface area contributed by atoms with E-state index in [0.29, 0.717) is 11.8 Å². The van der Waals surface area contributed by atoms with Crippen molar-refractivity contribution in [3.8, 4) is 0 Å². The van der Waals surface area contributed by atoms with E-state index < -0.39 is 0 Å². The number of halogens is 1. The topological polar surface area (TPSA) is 9.23 Å². The minimum atomic E-state index is 0.599. The fourth-order valence-corrected chi connectivity index (χ4v) is 1.52. The van der Waals surface area contributed by atoms with Crippen LogP contribution in [-0.4, -0.2) is 13.2 Å². The Bertz CT molecular complexity index is 268. The summed E-state index contributed by atoms with van der Waals surface area (Å²) in [5, 5.41) is 0. The van der Waals surface area contributed by atoms with Crippen molar-refractivity contribution >= 4 is 11.6 Å². The molecule has 0 radical (unpaired) electrons. The molecule has 1 heterocycles. The van der Waals surface area contributed by atoms with Crippen molar-refractivity contribution in [3.05, 3.63) is 35.4 Å². The molecule has 12 heavy (non-hydrogen) atoms. The molecule has 0 aliphatic carbocycles. The van der Waals surface area contributed by atoms with Gasteiger partial charge in [0.15, 0.2) is 0 Å². The zero-order chi connectivity index (χ0) is 8.39. The van der Waals surface area contributed by atoms with Crippen LogP contribution in [0.2, 0.25) is 0 Å². The molecule has 1 aromatic rings. The lowest BCUT2D eigenvalue weighted by Gasteiger charge is -2.26. The zero-order valence-corrected chi connectivity index (χ0v) is 7.55.